The number of rotatable bonds is 3. The van der Waals surface area contributed by atoms with E-state index in [1.165, 1.54) is 5.56 Å². The molecule has 0 saturated heterocycles. The van der Waals surface area contributed by atoms with Crippen LogP contribution in [-0.4, -0.2) is 5.97 Å². The molecule has 0 radical (unpaired) electrons. The Balaban J connectivity index is 2.01. The molecule has 0 unspecified atom stereocenters. The Morgan fingerprint density at radius 3 is 2.33 bits per heavy atom. The van der Waals surface area contributed by atoms with Crippen molar-refractivity contribution in [1.29, 1.82) is 0 Å². The number of hydrogen-bond acceptors (Lipinski definition) is 2. The third-order valence-corrected chi connectivity index (χ3v) is 2.86. The van der Waals surface area contributed by atoms with Gasteiger partial charge in [-0.25, -0.2) is 4.79 Å². The average molecular weight is 240 g/mol. The Morgan fingerprint density at radius 2 is 1.67 bits per heavy atom. The third-order valence-electron chi connectivity index (χ3n) is 2.86. The maximum atomic E-state index is 11.9. The Kier molecular flexibility index (Phi) is 3.78. The second kappa shape index (κ2) is 5.50. The summed E-state index contributed by atoms with van der Waals surface area (Å²) in [5, 5.41) is 0. The van der Waals surface area contributed by atoms with Gasteiger partial charge in [0.15, 0.2) is 0 Å². The van der Waals surface area contributed by atoms with Crippen molar-refractivity contribution in [3.63, 3.8) is 0 Å². The number of carbonyl (C=O) groups excluding carboxylic acids is 1. The molecular formula is C16H16O2. The molecule has 0 aromatic heterocycles. The van der Waals surface area contributed by atoms with E-state index < -0.39 is 0 Å². The van der Waals surface area contributed by atoms with Crippen LogP contribution in [0.25, 0.3) is 0 Å². The largest absolute Gasteiger partial charge is 0.457 e. The fourth-order valence-electron chi connectivity index (χ4n) is 1.71. The number of esters is 1. The van der Waals surface area contributed by atoms with Gasteiger partial charge in [-0.3, -0.25) is 0 Å². The minimum absolute atomic E-state index is 0.270. The minimum atomic E-state index is -0.270. The van der Waals surface area contributed by atoms with Crippen molar-refractivity contribution in [3.8, 4) is 0 Å². The van der Waals surface area contributed by atoms with Crippen molar-refractivity contribution in [2.24, 2.45) is 0 Å². The van der Waals surface area contributed by atoms with Gasteiger partial charge in [0.05, 0.1) is 5.56 Å². The van der Waals surface area contributed by atoms with Crippen molar-refractivity contribution in [1.82, 2.24) is 0 Å². The van der Waals surface area contributed by atoms with E-state index >= 15 is 0 Å². The van der Waals surface area contributed by atoms with Crippen molar-refractivity contribution < 1.29 is 9.53 Å². The first kappa shape index (κ1) is 12.4. The summed E-state index contributed by atoms with van der Waals surface area (Å²) in [5.41, 5.74) is 3.77. The fraction of sp³-hybridized carbons (Fsp3) is 0.188. The minimum Gasteiger partial charge on any atom is -0.457 e. The van der Waals surface area contributed by atoms with Crippen molar-refractivity contribution in [3.05, 3.63) is 70.8 Å². The zero-order chi connectivity index (χ0) is 13.0. The van der Waals surface area contributed by atoms with Crippen LogP contribution in [0.3, 0.4) is 0 Å². The molecule has 0 spiro atoms. The molecule has 0 aliphatic carbocycles. The molecule has 2 rings (SSSR count). The van der Waals surface area contributed by atoms with Crippen LogP contribution in [0.1, 0.15) is 27.0 Å². The van der Waals surface area contributed by atoms with Crippen LogP contribution in [-0.2, 0) is 11.3 Å². The van der Waals surface area contributed by atoms with E-state index in [0.29, 0.717) is 12.2 Å². The van der Waals surface area contributed by atoms with E-state index in [-0.39, 0.29) is 5.97 Å². The lowest BCUT2D eigenvalue weighted by atomic mass is 10.1. The molecule has 2 heteroatoms. The Hall–Kier alpha value is -2.09. The molecule has 2 aromatic rings. The average Bonchev–Trinajstić information content (AvgIpc) is 2.38. The van der Waals surface area contributed by atoms with E-state index in [9.17, 15) is 4.79 Å². The van der Waals surface area contributed by atoms with E-state index in [1.807, 2.05) is 56.3 Å². The third kappa shape index (κ3) is 2.98. The molecule has 0 N–H and O–H groups in total. The Labute approximate surface area is 107 Å². The normalized spacial score (nSPS) is 10.1. The van der Waals surface area contributed by atoms with Crippen LogP contribution < -0.4 is 0 Å². The van der Waals surface area contributed by atoms with Crippen LogP contribution in [0.4, 0.5) is 0 Å². The summed E-state index contributed by atoms with van der Waals surface area (Å²) in [7, 11) is 0. The van der Waals surface area contributed by atoms with Gasteiger partial charge in [0.1, 0.15) is 6.61 Å². The van der Waals surface area contributed by atoms with Gasteiger partial charge in [0.25, 0.3) is 0 Å². The van der Waals surface area contributed by atoms with Crippen LogP contribution in [0.2, 0.25) is 0 Å². The molecule has 92 valence electrons. The summed E-state index contributed by atoms with van der Waals surface area (Å²) in [6.45, 7) is 4.25. The van der Waals surface area contributed by atoms with Gasteiger partial charge in [-0.05, 0) is 31.0 Å². The number of carbonyl (C=O) groups is 1. The lowest BCUT2D eigenvalue weighted by Gasteiger charge is -2.07. The molecule has 0 bridgehead atoms. The van der Waals surface area contributed by atoms with Crippen molar-refractivity contribution in [2.75, 3.05) is 0 Å². The highest BCUT2D eigenvalue weighted by Crippen LogP contribution is 2.11. The molecule has 0 aliphatic rings. The second-order valence-electron chi connectivity index (χ2n) is 4.38. The van der Waals surface area contributed by atoms with Crippen LogP contribution in [0, 0.1) is 13.8 Å². The SMILES string of the molecule is Cc1ccc(COC(=O)c2ccccc2C)cc1. The first-order chi connectivity index (χ1) is 8.66. The monoisotopic (exact) mass is 240 g/mol. The molecule has 0 amide bonds. The van der Waals surface area contributed by atoms with Gasteiger partial charge < -0.3 is 4.74 Å². The lowest BCUT2D eigenvalue weighted by molar-refractivity contribution is 0.0472. The first-order valence-electron chi connectivity index (χ1n) is 5.95. The molecule has 0 aliphatic heterocycles. The summed E-state index contributed by atoms with van der Waals surface area (Å²) < 4.78 is 5.30. The highest BCUT2D eigenvalue weighted by molar-refractivity contribution is 5.90. The summed E-state index contributed by atoms with van der Waals surface area (Å²) >= 11 is 0. The van der Waals surface area contributed by atoms with Crippen LogP contribution in [0.15, 0.2) is 48.5 Å². The summed E-state index contributed by atoms with van der Waals surface area (Å²) in [6.07, 6.45) is 0. The van der Waals surface area contributed by atoms with Crippen LogP contribution in [0.5, 0.6) is 0 Å². The van der Waals surface area contributed by atoms with Crippen molar-refractivity contribution in [2.45, 2.75) is 20.5 Å². The molecule has 18 heavy (non-hydrogen) atoms. The molecule has 0 saturated carbocycles. The zero-order valence-corrected chi connectivity index (χ0v) is 10.6. The van der Waals surface area contributed by atoms with Crippen molar-refractivity contribution >= 4 is 5.97 Å². The summed E-state index contributed by atoms with van der Waals surface area (Å²) in [5.74, 6) is -0.270. The lowest BCUT2D eigenvalue weighted by Crippen LogP contribution is -2.06. The molecule has 0 atom stereocenters. The second-order valence-corrected chi connectivity index (χ2v) is 4.38. The Bertz CT molecular complexity index is 541. The van der Waals surface area contributed by atoms with Gasteiger partial charge in [-0.1, -0.05) is 48.0 Å². The Morgan fingerprint density at radius 1 is 1.00 bits per heavy atom. The molecule has 0 heterocycles. The highest BCUT2D eigenvalue weighted by Gasteiger charge is 2.09. The number of aryl methyl sites for hydroxylation is 2. The molecule has 0 fully saturated rings. The number of benzene rings is 2. The van der Waals surface area contributed by atoms with Crippen LogP contribution >= 0.6 is 0 Å². The molecule has 2 nitrogen and oxygen atoms in total. The van der Waals surface area contributed by atoms with Gasteiger partial charge >= 0.3 is 5.97 Å². The van der Waals surface area contributed by atoms with Gasteiger partial charge in [-0.2, -0.15) is 0 Å². The van der Waals surface area contributed by atoms with Gasteiger partial charge in [0.2, 0.25) is 0 Å². The predicted molar refractivity (Wildman–Crippen MR) is 71.5 cm³/mol. The first-order valence-corrected chi connectivity index (χ1v) is 5.95. The fourth-order valence-corrected chi connectivity index (χ4v) is 1.71. The zero-order valence-electron chi connectivity index (χ0n) is 10.6. The van der Waals surface area contributed by atoms with E-state index in [2.05, 4.69) is 0 Å². The topological polar surface area (TPSA) is 26.3 Å². The molecular weight excluding hydrogens is 224 g/mol. The standard InChI is InChI=1S/C16H16O2/c1-12-7-9-14(10-8-12)11-18-16(17)15-6-4-3-5-13(15)2/h3-10H,11H2,1-2H3. The maximum Gasteiger partial charge on any atom is 0.338 e. The number of ether oxygens (including phenoxy) is 1. The van der Waals surface area contributed by atoms with E-state index in [0.717, 1.165) is 11.1 Å². The quantitative estimate of drug-likeness (QED) is 0.765. The summed E-state index contributed by atoms with van der Waals surface area (Å²) in [4.78, 5) is 11.9. The van der Waals surface area contributed by atoms with E-state index in [1.54, 1.807) is 6.07 Å². The number of hydrogen-bond donors (Lipinski definition) is 0. The molecule has 2 aromatic carbocycles. The smallest absolute Gasteiger partial charge is 0.338 e. The van der Waals surface area contributed by atoms with Gasteiger partial charge in [0, 0.05) is 0 Å². The van der Waals surface area contributed by atoms with E-state index in [4.69, 9.17) is 4.74 Å². The van der Waals surface area contributed by atoms with Gasteiger partial charge in [-0.15, -0.1) is 0 Å². The predicted octanol–water partition coefficient (Wildman–Crippen LogP) is 3.66. The maximum absolute atomic E-state index is 11.9. The summed E-state index contributed by atoms with van der Waals surface area (Å²) in [6, 6.07) is 15.4. The highest BCUT2D eigenvalue weighted by atomic mass is 16.5.